The van der Waals surface area contributed by atoms with Crippen molar-refractivity contribution in [2.45, 2.75) is 6.42 Å². The largest absolute Gasteiger partial charge is 0.466 e. The highest BCUT2D eigenvalue weighted by Gasteiger charge is 2.21. The van der Waals surface area contributed by atoms with Gasteiger partial charge in [-0.05, 0) is 0 Å². The Balaban J connectivity index is 0.00000361. The highest BCUT2D eigenvalue weighted by molar-refractivity contribution is 6.00. The molecule has 0 saturated carbocycles. The Bertz CT molecular complexity index is 391. The molecule has 8 heteroatoms. The lowest BCUT2D eigenvalue weighted by molar-refractivity contribution is -0.140. The average molecular weight is 307 g/mol. The number of nitrogens with zero attached hydrogens (tertiary/aromatic N) is 1. The number of nitrogens with one attached hydrogen (secondary N) is 1. The van der Waals surface area contributed by atoms with Gasteiger partial charge in [-0.2, -0.15) is 0 Å². The average Bonchev–Trinajstić information content (AvgIpc) is 2.46. The lowest BCUT2D eigenvalue weighted by Gasteiger charge is -2.27. The fourth-order valence-electron chi connectivity index (χ4n) is 1.70. The van der Waals surface area contributed by atoms with Crippen LogP contribution in [0.25, 0.3) is 0 Å². The molecule has 7 nitrogen and oxygen atoms in total. The Labute approximate surface area is 123 Å². The molecular weight excluding hydrogens is 288 g/mol. The number of piperazine rings is 1. The van der Waals surface area contributed by atoms with Crippen molar-refractivity contribution >= 4 is 30.3 Å². The summed E-state index contributed by atoms with van der Waals surface area (Å²) in [5, 5.41) is 3.12. The maximum atomic E-state index is 12.0. The molecule has 0 atom stereocenters. The van der Waals surface area contributed by atoms with Gasteiger partial charge in [-0.25, -0.2) is 9.59 Å². The van der Waals surface area contributed by atoms with Gasteiger partial charge in [0, 0.05) is 32.3 Å². The SMILES string of the molecule is COC(=O)/C=C(\CC(=O)N1CCNCC1)C(=O)OC.Cl. The molecule has 0 aromatic rings. The van der Waals surface area contributed by atoms with Gasteiger partial charge < -0.3 is 19.7 Å². The normalized spacial score (nSPS) is 15.1. The third-order valence-electron chi connectivity index (χ3n) is 2.75. The lowest BCUT2D eigenvalue weighted by atomic mass is 10.1. The van der Waals surface area contributed by atoms with Crippen LogP contribution in [0.15, 0.2) is 11.6 Å². The Morgan fingerprint density at radius 1 is 1.15 bits per heavy atom. The van der Waals surface area contributed by atoms with Crippen molar-refractivity contribution < 1.29 is 23.9 Å². The summed E-state index contributed by atoms with van der Waals surface area (Å²) in [5.74, 6) is -1.59. The molecule has 1 heterocycles. The molecule has 1 saturated heterocycles. The zero-order valence-electron chi connectivity index (χ0n) is 11.5. The van der Waals surface area contributed by atoms with Gasteiger partial charge in [-0.15, -0.1) is 12.4 Å². The third-order valence-corrected chi connectivity index (χ3v) is 2.75. The van der Waals surface area contributed by atoms with Gasteiger partial charge >= 0.3 is 11.9 Å². The van der Waals surface area contributed by atoms with Crippen LogP contribution in [0.2, 0.25) is 0 Å². The Hall–Kier alpha value is -1.60. The van der Waals surface area contributed by atoms with E-state index in [2.05, 4.69) is 14.8 Å². The number of amides is 1. The first-order valence-electron chi connectivity index (χ1n) is 5.93. The minimum Gasteiger partial charge on any atom is -0.466 e. The number of methoxy groups -OCH3 is 2. The molecule has 1 aliphatic rings. The number of carbonyl (C=O) groups excluding carboxylic acids is 3. The van der Waals surface area contributed by atoms with Gasteiger partial charge in [0.2, 0.25) is 5.91 Å². The monoisotopic (exact) mass is 306 g/mol. The maximum absolute atomic E-state index is 12.0. The van der Waals surface area contributed by atoms with E-state index in [-0.39, 0.29) is 30.3 Å². The van der Waals surface area contributed by atoms with Crippen molar-refractivity contribution in [2.75, 3.05) is 40.4 Å². The Kier molecular flexibility index (Phi) is 8.58. The van der Waals surface area contributed by atoms with E-state index in [4.69, 9.17) is 0 Å². The molecule has 0 spiro atoms. The van der Waals surface area contributed by atoms with E-state index < -0.39 is 11.9 Å². The van der Waals surface area contributed by atoms with Crippen molar-refractivity contribution in [3.8, 4) is 0 Å². The number of halogens is 1. The van der Waals surface area contributed by atoms with Gasteiger partial charge in [-0.3, -0.25) is 4.79 Å². The number of esters is 2. The van der Waals surface area contributed by atoms with Crippen molar-refractivity contribution in [3.63, 3.8) is 0 Å². The molecule has 0 radical (unpaired) electrons. The van der Waals surface area contributed by atoms with Crippen LogP contribution < -0.4 is 5.32 Å². The van der Waals surface area contributed by atoms with Crippen LogP contribution in [0.3, 0.4) is 0 Å². The topological polar surface area (TPSA) is 84.9 Å². The smallest absolute Gasteiger partial charge is 0.334 e. The molecule has 20 heavy (non-hydrogen) atoms. The Morgan fingerprint density at radius 2 is 1.75 bits per heavy atom. The Morgan fingerprint density at radius 3 is 2.25 bits per heavy atom. The minimum atomic E-state index is -0.700. The summed E-state index contributed by atoms with van der Waals surface area (Å²) in [6.45, 7) is 2.62. The second-order valence-electron chi connectivity index (χ2n) is 3.99. The zero-order valence-corrected chi connectivity index (χ0v) is 12.3. The number of rotatable bonds is 4. The molecule has 1 aliphatic heterocycles. The maximum Gasteiger partial charge on any atom is 0.334 e. The van der Waals surface area contributed by atoms with Crippen LogP contribution in [0, 0.1) is 0 Å². The minimum absolute atomic E-state index is 0. The van der Waals surface area contributed by atoms with Crippen LogP contribution in [0.5, 0.6) is 0 Å². The number of carbonyl (C=O) groups is 3. The van der Waals surface area contributed by atoms with E-state index in [1.807, 2.05) is 0 Å². The highest BCUT2D eigenvalue weighted by atomic mass is 35.5. The summed E-state index contributed by atoms with van der Waals surface area (Å²) < 4.78 is 8.99. The van der Waals surface area contributed by atoms with Crippen LogP contribution in [0.4, 0.5) is 0 Å². The number of hydrogen-bond acceptors (Lipinski definition) is 6. The number of hydrogen-bond donors (Lipinski definition) is 1. The first-order valence-corrected chi connectivity index (χ1v) is 5.93. The molecule has 1 fully saturated rings. The third kappa shape index (κ3) is 5.58. The lowest BCUT2D eigenvalue weighted by Crippen LogP contribution is -2.46. The second kappa shape index (κ2) is 9.33. The standard InChI is InChI=1S/C12H18N2O5.ClH/c1-18-11(16)8-9(12(17)19-2)7-10(15)14-5-3-13-4-6-14;/h8,13H,3-7H2,1-2H3;1H/b9-8+;. The second-order valence-corrected chi connectivity index (χ2v) is 3.99. The number of ether oxygens (including phenoxy) is 2. The highest BCUT2D eigenvalue weighted by Crippen LogP contribution is 2.08. The van der Waals surface area contributed by atoms with Crippen molar-refractivity contribution in [1.82, 2.24) is 10.2 Å². The molecule has 1 N–H and O–H groups in total. The zero-order chi connectivity index (χ0) is 14.3. The molecule has 0 bridgehead atoms. The van der Waals surface area contributed by atoms with E-state index in [0.717, 1.165) is 19.2 Å². The van der Waals surface area contributed by atoms with Gasteiger partial charge in [0.05, 0.1) is 26.2 Å². The molecule has 0 unspecified atom stereocenters. The van der Waals surface area contributed by atoms with E-state index in [1.54, 1.807) is 4.90 Å². The van der Waals surface area contributed by atoms with Crippen LogP contribution >= 0.6 is 12.4 Å². The summed E-state index contributed by atoms with van der Waals surface area (Å²) in [6, 6.07) is 0. The molecule has 114 valence electrons. The molecule has 1 rings (SSSR count). The summed E-state index contributed by atoms with van der Waals surface area (Å²) in [6.07, 6.45) is 0.827. The molecule has 0 aliphatic carbocycles. The van der Waals surface area contributed by atoms with Crippen molar-refractivity contribution in [3.05, 3.63) is 11.6 Å². The first kappa shape index (κ1) is 18.4. The quantitative estimate of drug-likeness (QED) is 0.557. The molecular formula is C12H19ClN2O5. The van der Waals surface area contributed by atoms with E-state index in [0.29, 0.717) is 13.1 Å². The van der Waals surface area contributed by atoms with Crippen LogP contribution in [-0.2, 0) is 23.9 Å². The molecule has 0 aromatic heterocycles. The fraction of sp³-hybridized carbons (Fsp3) is 0.583. The summed E-state index contributed by atoms with van der Waals surface area (Å²) >= 11 is 0. The van der Waals surface area contributed by atoms with Crippen molar-refractivity contribution in [2.24, 2.45) is 0 Å². The molecule has 1 amide bonds. The molecule has 0 aromatic carbocycles. The van der Waals surface area contributed by atoms with E-state index >= 15 is 0 Å². The van der Waals surface area contributed by atoms with Crippen LogP contribution in [0.1, 0.15) is 6.42 Å². The summed E-state index contributed by atoms with van der Waals surface area (Å²) in [4.78, 5) is 36.3. The van der Waals surface area contributed by atoms with Crippen LogP contribution in [-0.4, -0.2) is 63.1 Å². The first-order chi connectivity index (χ1) is 9.08. The van der Waals surface area contributed by atoms with Gasteiger partial charge in [0.25, 0.3) is 0 Å². The predicted octanol–water partition coefficient (Wildman–Crippen LogP) is -0.497. The van der Waals surface area contributed by atoms with Gasteiger partial charge in [0.1, 0.15) is 0 Å². The van der Waals surface area contributed by atoms with Gasteiger partial charge in [0.15, 0.2) is 0 Å². The van der Waals surface area contributed by atoms with Gasteiger partial charge in [-0.1, -0.05) is 0 Å². The summed E-state index contributed by atoms with van der Waals surface area (Å²) in [5.41, 5.74) is -0.00196. The summed E-state index contributed by atoms with van der Waals surface area (Å²) in [7, 11) is 2.40. The fourth-order valence-corrected chi connectivity index (χ4v) is 1.70. The van der Waals surface area contributed by atoms with Crippen molar-refractivity contribution in [1.29, 1.82) is 0 Å². The predicted molar refractivity (Wildman–Crippen MR) is 73.4 cm³/mol. The van der Waals surface area contributed by atoms with E-state index in [1.165, 1.54) is 14.2 Å². The van der Waals surface area contributed by atoms with E-state index in [9.17, 15) is 14.4 Å².